The van der Waals surface area contributed by atoms with Gasteiger partial charge in [-0.1, -0.05) is 11.6 Å². The molecule has 0 aromatic carbocycles. The highest BCUT2D eigenvalue weighted by molar-refractivity contribution is 7.19. The van der Waals surface area contributed by atoms with Gasteiger partial charge in [0.15, 0.2) is 0 Å². The van der Waals surface area contributed by atoms with Crippen LogP contribution in [0.25, 0.3) is 0 Å². The minimum Gasteiger partial charge on any atom is -0.469 e. The van der Waals surface area contributed by atoms with Crippen LogP contribution in [0.4, 0.5) is 5.00 Å². The zero-order chi connectivity index (χ0) is 12.1. The number of anilines is 1. The van der Waals surface area contributed by atoms with E-state index in [2.05, 4.69) is 4.74 Å². The molecular formula is C10H14ClNO3S. The van der Waals surface area contributed by atoms with Crippen molar-refractivity contribution in [3.63, 3.8) is 0 Å². The summed E-state index contributed by atoms with van der Waals surface area (Å²) >= 11 is 7.23. The van der Waals surface area contributed by atoms with Gasteiger partial charge in [-0.05, 0) is 12.1 Å². The molecule has 4 nitrogen and oxygen atoms in total. The van der Waals surface area contributed by atoms with E-state index in [0.717, 1.165) is 5.00 Å². The normalized spacial score (nSPS) is 12.2. The predicted octanol–water partition coefficient (Wildman–Crippen LogP) is 1.76. The SMILES string of the molecule is COC(=O)CC(O)CN(C)c1ccc(Cl)s1. The number of ether oxygens (including phenoxy) is 1. The average Bonchev–Trinajstić information content (AvgIpc) is 2.64. The first-order valence-corrected chi connectivity index (χ1v) is 5.93. The number of likely N-dealkylation sites (N-methyl/N-ethyl adjacent to an activating group) is 1. The summed E-state index contributed by atoms with van der Waals surface area (Å²) in [7, 11) is 3.14. The molecule has 0 aliphatic carbocycles. The molecular weight excluding hydrogens is 250 g/mol. The molecule has 0 spiro atoms. The lowest BCUT2D eigenvalue weighted by Crippen LogP contribution is -2.30. The lowest BCUT2D eigenvalue weighted by molar-refractivity contribution is -0.142. The lowest BCUT2D eigenvalue weighted by atomic mass is 10.2. The molecule has 0 radical (unpaired) electrons. The zero-order valence-corrected chi connectivity index (χ0v) is 10.7. The molecule has 90 valence electrons. The zero-order valence-electron chi connectivity index (χ0n) is 9.14. The summed E-state index contributed by atoms with van der Waals surface area (Å²) in [4.78, 5) is 12.8. The number of esters is 1. The van der Waals surface area contributed by atoms with Crippen LogP contribution in [-0.4, -0.2) is 37.9 Å². The van der Waals surface area contributed by atoms with Gasteiger partial charge < -0.3 is 14.7 Å². The molecule has 1 aromatic rings. The quantitative estimate of drug-likeness (QED) is 0.823. The van der Waals surface area contributed by atoms with Gasteiger partial charge in [0.2, 0.25) is 0 Å². The average molecular weight is 264 g/mol. The first-order chi connectivity index (χ1) is 7.52. The minimum atomic E-state index is -0.738. The van der Waals surface area contributed by atoms with Crippen molar-refractivity contribution in [3.8, 4) is 0 Å². The number of hydrogen-bond acceptors (Lipinski definition) is 5. The number of hydrogen-bond donors (Lipinski definition) is 1. The van der Waals surface area contributed by atoms with Gasteiger partial charge in [-0.15, -0.1) is 11.3 Å². The van der Waals surface area contributed by atoms with Crippen molar-refractivity contribution in [2.75, 3.05) is 25.6 Å². The maximum atomic E-state index is 10.9. The standard InChI is InChI=1S/C10H14ClNO3S/c1-12(9-4-3-8(11)16-9)6-7(13)5-10(14)15-2/h3-4,7,13H,5-6H2,1-2H3. The number of carbonyl (C=O) groups excluding carboxylic acids is 1. The van der Waals surface area contributed by atoms with Gasteiger partial charge in [-0.3, -0.25) is 4.79 Å². The van der Waals surface area contributed by atoms with Crippen molar-refractivity contribution in [1.82, 2.24) is 0 Å². The van der Waals surface area contributed by atoms with Gasteiger partial charge in [0.25, 0.3) is 0 Å². The van der Waals surface area contributed by atoms with Crippen molar-refractivity contribution >= 4 is 33.9 Å². The van der Waals surface area contributed by atoms with Gasteiger partial charge in [-0.2, -0.15) is 0 Å². The summed E-state index contributed by atoms with van der Waals surface area (Å²) in [5, 5.41) is 10.6. The van der Waals surface area contributed by atoms with E-state index in [-0.39, 0.29) is 6.42 Å². The molecule has 0 fully saturated rings. The fraction of sp³-hybridized carbons (Fsp3) is 0.500. The summed E-state index contributed by atoms with van der Waals surface area (Å²) in [6, 6.07) is 3.67. The molecule has 0 aliphatic rings. The van der Waals surface area contributed by atoms with Gasteiger partial charge in [-0.25, -0.2) is 0 Å². The summed E-state index contributed by atoms with van der Waals surface area (Å²) < 4.78 is 5.17. The second kappa shape index (κ2) is 6.08. The maximum absolute atomic E-state index is 10.9. The van der Waals surface area contributed by atoms with Crippen LogP contribution >= 0.6 is 22.9 Å². The molecule has 0 amide bonds. The molecule has 1 atom stereocenters. The van der Waals surface area contributed by atoms with Crippen LogP contribution in [0.5, 0.6) is 0 Å². The number of halogens is 1. The number of rotatable bonds is 5. The third-order valence-corrected chi connectivity index (χ3v) is 3.40. The van der Waals surface area contributed by atoms with Crippen molar-refractivity contribution in [2.24, 2.45) is 0 Å². The van der Waals surface area contributed by atoms with Crippen LogP contribution in [-0.2, 0) is 9.53 Å². The molecule has 0 saturated carbocycles. The highest BCUT2D eigenvalue weighted by Crippen LogP contribution is 2.28. The van der Waals surface area contributed by atoms with Crippen LogP contribution in [0.15, 0.2) is 12.1 Å². The number of aliphatic hydroxyl groups is 1. The monoisotopic (exact) mass is 263 g/mol. The van der Waals surface area contributed by atoms with E-state index in [1.807, 2.05) is 18.0 Å². The number of thiophene rings is 1. The van der Waals surface area contributed by atoms with Gasteiger partial charge >= 0.3 is 5.97 Å². The van der Waals surface area contributed by atoms with E-state index in [4.69, 9.17) is 11.6 Å². The van der Waals surface area contributed by atoms with Gasteiger partial charge in [0.05, 0.1) is 29.0 Å². The van der Waals surface area contributed by atoms with E-state index in [1.165, 1.54) is 18.4 Å². The first-order valence-electron chi connectivity index (χ1n) is 4.74. The van der Waals surface area contributed by atoms with Gasteiger partial charge in [0.1, 0.15) is 0 Å². The summed E-state index contributed by atoms with van der Waals surface area (Å²) in [6.07, 6.45) is -0.738. The smallest absolute Gasteiger partial charge is 0.308 e. The molecule has 16 heavy (non-hydrogen) atoms. The van der Waals surface area contributed by atoms with Crippen molar-refractivity contribution < 1.29 is 14.6 Å². The highest BCUT2D eigenvalue weighted by atomic mass is 35.5. The topological polar surface area (TPSA) is 49.8 Å². The molecule has 1 heterocycles. The molecule has 6 heteroatoms. The Balaban J connectivity index is 2.45. The Kier molecular flexibility index (Phi) is 5.05. The summed E-state index contributed by atoms with van der Waals surface area (Å²) in [5.41, 5.74) is 0. The van der Waals surface area contributed by atoms with Crippen LogP contribution in [0.1, 0.15) is 6.42 Å². The van der Waals surface area contributed by atoms with E-state index >= 15 is 0 Å². The number of nitrogens with zero attached hydrogens (tertiary/aromatic N) is 1. The number of carbonyl (C=O) groups is 1. The Morgan fingerprint density at radius 2 is 2.38 bits per heavy atom. The first kappa shape index (κ1) is 13.3. The van der Waals surface area contributed by atoms with Crippen molar-refractivity contribution in [1.29, 1.82) is 0 Å². The van der Waals surface area contributed by atoms with Crippen molar-refractivity contribution in [3.05, 3.63) is 16.5 Å². The highest BCUT2D eigenvalue weighted by Gasteiger charge is 2.14. The molecule has 0 saturated heterocycles. The Bertz CT molecular complexity index is 356. The number of aliphatic hydroxyl groups excluding tert-OH is 1. The van der Waals surface area contributed by atoms with Crippen molar-refractivity contribution in [2.45, 2.75) is 12.5 Å². The third kappa shape index (κ3) is 4.00. The predicted molar refractivity (Wildman–Crippen MR) is 65.2 cm³/mol. The molecule has 1 unspecified atom stereocenters. The van der Waals surface area contributed by atoms with Crippen LogP contribution in [0.3, 0.4) is 0 Å². The lowest BCUT2D eigenvalue weighted by Gasteiger charge is -2.20. The Morgan fingerprint density at radius 3 is 2.88 bits per heavy atom. The Morgan fingerprint density at radius 1 is 1.69 bits per heavy atom. The van der Waals surface area contributed by atoms with Gasteiger partial charge in [0, 0.05) is 13.6 Å². The second-order valence-electron chi connectivity index (χ2n) is 3.39. The number of methoxy groups -OCH3 is 1. The fourth-order valence-electron chi connectivity index (χ4n) is 1.26. The second-order valence-corrected chi connectivity index (χ2v) is 5.09. The molecule has 1 aromatic heterocycles. The Hall–Kier alpha value is -0.780. The van der Waals surface area contributed by atoms with E-state index < -0.39 is 12.1 Å². The molecule has 0 aliphatic heterocycles. The van der Waals surface area contributed by atoms with Crippen LogP contribution < -0.4 is 4.90 Å². The summed E-state index contributed by atoms with van der Waals surface area (Å²) in [6.45, 7) is 0.367. The van der Waals surface area contributed by atoms with E-state index in [9.17, 15) is 9.90 Å². The minimum absolute atomic E-state index is 0.0000522. The fourth-order valence-corrected chi connectivity index (χ4v) is 2.26. The Labute approximate surface area is 103 Å². The molecule has 0 bridgehead atoms. The third-order valence-electron chi connectivity index (χ3n) is 2.05. The van der Waals surface area contributed by atoms with Crippen LogP contribution in [0.2, 0.25) is 4.34 Å². The van der Waals surface area contributed by atoms with Crippen LogP contribution in [0, 0.1) is 0 Å². The molecule has 1 rings (SSSR count). The molecule has 1 N–H and O–H groups in total. The van der Waals surface area contributed by atoms with E-state index in [1.54, 1.807) is 6.07 Å². The van der Waals surface area contributed by atoms with E-state index in [0.29, 0.717) is 10.9 Å². The maximum Gasteiger partial charge on any atom is 0.308 e. The largest absolute Gasteiger partial charge is 0.469 e. The summed E-state index contributed by atoms with van der Waals surface area (Å²) in [5.74, 6) is -0.412.